The summed E-state index contributed by atoms with van der Waals surface area (Å²) in [6, 6.07) is 0. The van der Waals surface area contributed by atoms with E-state index in [1.807, 2.05) is 0 Å². The minimum Gasteiger partial charge on any atom is -0.376 e. The maximum absolute atomic E-state index is 5.71. The van der Waals surface area contributed by atoms with Gasteiger partial charge < -0.3 is 9.47 Å². The van der Waals surface area contributed by atoms with Crippen molar-refractivity contribution in [2.75, 3.05) is 13.2 Å². The second-order valence-electron chi connectivity index (χ2n) is 5.72. The summed E-state index contributed by atoms with van der Waals surface area (Å²) in [5.74, 6) is 0. The minimum absolute atomic E-state index is 0.413. The van der Waals surface area contributed by atoms with Gasteiger partial charge in [0.05, 0.1) is 19.3 Å². The average Bonchev–Trinajstić information content (AvgIpc) is 3.18. The summed E-state index contributed by atoms with van der Waals surface area (Å²) < 4.78 is 10.8. The molecule has 0 bridgehead atoms. The van der Waals surface area contributed by atoms with Gasteiger partial charge >= 0.3 is 0 Å². The smallest absolute Gasteiger partial charge is 0.104 e. The first-order chi connectivity index (χ1) is 8.83. The molecule has 0 N–H and O–H groups in total. The van der Waals surface area contributed by atoms with Crippen molar-refractivity contribution in [3.8, 4) is 0 Å². The molecule has 0 radical (unpaired) electrons. The minimum atomic E-state index is 0.413. The Balaban J connectivity index is 1.71. The van der Waals surface area contributed by atoms with E-state index in [-0.39, 0.29) is 0 Å². The fourth-order valence-corrected chi connectivity index (χ4v) is 2.26. The first-order valence-corrected chi connectivity index (χ1v) is 8.06. The highest BCUT2D eigenvalue weighted by atomic mass is 16.6. The number of hydrogen-bond donors (Lipinski definition) is 0. The Bertz CT molecular complexity index is 178. The third-order valence-corrected chi connectivity index (χ3v) is 3.68. The Labute approximate surface area is 113 Å². The lowest BCUT2D eigenvalue weighted by atomic mass is 10.1. The highest BCUT2D eigenvalue weighted by Gasteiger charge is 2.23. The summed E-state index contributed by atoms with van der Waals surface area (Å²) >= 11 is 0. The van der Waals surface area contributed by atoms with Gasteiger partial charge in [-0.3, -0.25) is 0 Å². The molecule has 2 atom stereocenters. The van der Waals surface area contributed by atoms with Crippen LogP contribution in [0.15, 0.2) is 0 Å². The SMILES string of the molecule is CCCCCCCCCCCC(C)OCC1CO1. The van der Waals surface area contributed by atoms with E-state index in [0.29, 0.717) is 12.2 Å². The maximum Gasteiger partial charge on any atom is 0.104 e. The van der Waals surface area contributed by atoms with Crippen LogP contribution in [0, 0.1) is 0 Å². The van der Waals surface area contributed by atoms with Gasteiger partial charge in [0, 0.05) is 0 Å². The zero-order valence-electron chi connectivity index (χ0n) is 12.5. The van der Waals surface area contributed by atoms with Gasteiger partial charge in [-0.1, -0.05) is 64.7 Å². The third-order valence-electron chi connectivity index (χ3n) is 3.68. The molecule has 1 aliphatic rings. The van der Waals surface area contributed by atoms with E-state index in [9.17, 15) is 0 Å². The summed E-state index contributed by atoms with van der Waals surface area (Å²) in [6.45, 7) is 6.18. The second kappa shape index (κ2) is 10.8. The van der Waals surface area contributed by atoms with Gasteiger partial charge in [0.25, 0.3) is 0 Å². The van der Waals surface area contributed by atoms with Crippen molar-refractivity contribution in [3.05, 3.63) is 0 Å². The molecule has 1 aliphatic heterocycles. The molecule has 1 fully saturated rings. The van der Waals surface area contributed by atoms with Gasteiger partial charge in [-0.15, -0.1) is 0 Å². The lowest BCUT2D eigenvalue weighted by Gasteiger charge is -2.11. The van der Waals surface area contributed by atoms with E-state index in [4.69, 9.17) is 9.47 Å². The van der Waals surface area contributed by atoms with Crippen molar-refractivity contribution in [2.45, 2.75) is 90.3 Å². The first-order valence-electron chi connectivity index (χ1n) is 8.06. The van der Waals surface area contributed by atoms with Crippen LogP contribution in [0.3, 0.4) is 0 Å². The van der Waals surface area contributed by atoms with Crippen molar-refractivity contribution >= 4 is 0 Å². The Hall–Kier alpha value is -0.0800. The van der Waals surface area contributed by atoms with Crippen molar-refractivity contribution in [1.29, 1.82) is 0 Å². The summed E-state index contributed by atoms with van der Waals surface area (Å²) in [4.78, 5) is 0. The average molecular weight is 256 g/mol. The van der Waals surface area contributed by atoms with Crippen LogP contribution >= 0.6 is 0 Å². The van der Waals surface area contributed by atoms with Gasteiger partial charge in [0.2, 0.25) is 0 Å². The number of ether oxygens (including phenoxy) is 2. The van der Waals surface area contributed by atoms with Crippen LogP contribution in [0.4, 0.5) is 0 Å². The van der Waals surface area contributed by atoms with Crippen LogP contribution in [-0.2, 0) is 9.47 Å². The van der Waals surface area contributed by atoms with Crippen LogP contribution in [0.2, 0.25) is 0 Å². The summed E-state index contributed by atoms with van der Waals surface area (Å²) in [5, 5.41) is 0. The molecule has 0 aromatic heterocycles. The molecule has 0 amide bonds. The molecule has 2 heteroatoms. The normalized spacial score (nSPS) is 20.0. The number of epoxide rings is 1. The number of unbranched alkanes of at least 4 members (excludes halogenated alkanes) is 8. The van der Waals surface area contributed by atoms with E-state index in [1.54, 1.807) is 0 Å². The Morgan fingerprint density at radius 3 is 2.11 bits per heavy atom. The van der Waals surface area contributed by atoms with Crippen LogP contribution in [0.1, 0.15) is 78.1 Å². The van der Waals surface area contributed by atoms with Gasteiger partial charge in [-0.25, -0.2) is 0 Å². The zero-order chi connectivity index (χ0) is 13.1. The highest BCUT2D eigenvalue weighted by molar-refractivity contribution is 4.68. The predicted molar refractivity (Wildman–Crippen MR) is 77.0 cm³/mol. The molecule has 108 valence electrons. The maximum atomic E-state index is 5.71. The van der Waals surface area contributed by atoms with Crippen LogP contribution in [0.5, 0.6) is 0 Å². The quantitative estimate of drug-likeness (QED) is 0.351. The lowest BCUT2D eigenvalue weighted by Crippen LogP contribution is -2.12. The fourth-order valence-electron chi connectivity index (χ4n) is 2.26. The van der Waals surface area contributed by atoms with Crippen molar-refractivity contribution in [3.63, 3.8) is 0 Å². The second-order valence-corrected chi connectivity index (χ2v) is 5.72. The van der Waals surface area contributed by atoms with Crippen LogP contribution in [-0.4, -0.2) is 25.4 Å². The van der Waals surface area contributed by atoms with Crippen LogP contribution in [0.25, 0.3) is 0 Å². The van der Waals surface area contributed by atoms with E-state index in [0.717, 1.165) is 13.2 Å². The molecule has 2 nitrogen and oxygen atoms in total. The van der Waals surface area contributed by atoms with Crippen molar-refractivity contribution < 1.29 is 9.47 Å². The summed E-state index contributed by atoms with van der Waals surface area (Å²) in [5.41, 5.74) is 0. The van der Waals surface area contributed by atoms with E-state index >= 15 is 0 Å². The molecule has 1 saturated heterocycles. The molecular formula is C16H32O2. The van der Waals surface area contributed by atoms with E-state index in [2.05, 4.69) is 13.8 Å². The molecule has 0 aliphatic carbocycles. The number of hydrogen-bond acceptors (Lipinski definition) is 2. The topological polar surface area (TPSA) is 21.8 Å². The zero-order valence-corrected chi connectivity index (χ0v) is 12.5. The molecule has 1 heterocycles. The molecule has 0 spiro atoms. The predicted octanol–water partition coefficient (Wildman–Crippen LogP) is 4.71. The number of rotatable bonds is 13. The van der Waals surface area contributed by atoms with Gasteiger partial charge in [-0.05, 0) is 13.3 Å². The molecule has 0 saturated carbocycles. The molecule has 0 aromatic carbocycles. The van der Waals surface area contributed by atoms with Gasteiger partial charge in [0.15, 0.2) is 0 Å². The Morgan fingerprint density at radius 1 is 1.00 bits per heavy atom. The molecular weight excluding hydrogens is 224 g/mol. The van der Waals surface area contributed by atoms with Crippen LogP contribution < -0.4 is 0 Å². The van der Waals surface area contributed by atoms with Crippen molar-refractivity contribution in [1.82, 2.24) is 0 Å². The molecule has 18 heavy (non-hydrogen) atoms. The fraction of sp³-hybridized carbons (Fsp3) is 1.00. The Morgan fingerprint density at radius 2 is 1.56 bits per heavy atom. The molecule has 2 unspecified atom stereocenters. The van der Waals surface area contributed by atoms with Crippen molar-refractivity contribution in [2.24, 2.45) is 0 Å². The van der Waals surface area contributed by atoms with E-state index < -0.39 is 0 Å². The largest absolute Gasteiger partial charge is 0.376 e. The third kappa shape index (κ3) is 9.90. The lowest BCUT2D eigenvalue weighted by molar-refractivity contribution is 0.0476. The monoisotopic (exact) mass is 256 g/mol. The summed E-state index contributed by atoms with van der Waals surface area (Å²) in [7, 11) is 0. The van der Waals surface area contributed by atoms with Gasteiger partial charge in [-0.2, -0.15) is 0 Å². The first kappa shape index (κ1) is 16.0. The summed E-state index contributed by atoms with van der Waals surface area (Å²) in [6.07, 6.45) is 14.6. The molecule has 1 rings (SSSR count). The molecule has 0 aromatic rings. The van der Waals surface area contributed by atoms with Gasteiger partial charge in [0.1, 0.15) is 6.10 Å². The van der Waals surface area contributed by atoms with E-state index in [1.165, 1.54) is 64.2 Å². The standard InChI is InChI=1S/C16H32O2/c1-3-4-5-6-7-8-9-10-11-12-15(2)17-13-16-14-18-16/h15-16H,3-14H2,1-2H3. The Kier molecular flexibility index (Phi) is 9.59. The highest BCUT2D eigenvalue weighted by Crippen LogP contribution is 2.14.